The maximum absolute atomic E-state index is 14.1. The number of nitro benzene ring substituents is 1. The van der Waals surface area contributed by atoms with Gasteiger partial charge < -0.3 is 0 Å². The predicted octanol–water partition coefficient (Wildman–Crippen LogP) is 3.42. The van der Waals surface area contributed by atoms with Gasteiger partial charge in [0.15, 0.2) is 4.90 Å². The fourth-order valence-electron chi connectivity index (χ4n) is 2.67. The third kappa shape index (κ3) is 2.62. The minimum Gasteiger partial charge on any atom is -0.258 e. The SMILES string of the molecule is CC1(c2cc(Br)ccc2F)CN1S(=O)(=O)c1ccccc1[N+](=O)[O-]. The highest BCUT2D eigenvalue weighted by Crippen LogP contribution is 2.48. The molecule has 6 nitrogen and oxygen atoms in total. The molecule has 2 atom stereocenters. The van der Waals surface area contributed by atoms with Gasteiger partial charge in [0.05, 0.1) is 10.5 Å². The molecule has 2 unspecified atom stereocenters. The summed E-state index contributed by atoms with van der Waals surface area (Å²) in [5.74, 6) is -0.527. The fraction of sp³-hybridized carbons (Fsp3) is 0.200. The molecule has 9 heteroatoms. The van der Waals surface area contributed by atoms with Gasteiger partial charge in [0.25, 0.3) is 15.7 Å². The zero-order valence-corrected chi connectivity index (χ0v) is 14.8. The lowest BCUT2D eigenvalue weighted by Gasteiger charge is -2.15. The highest BCUT2D eigenvalue weighted by molar-refractivity contribution is 9.10. The van der Waals surface area contributed by atoms with Gasteiger partial charge in [0.1, 0.15) is 5.82 Å². The van der Waals surface area contributed by atoms with Crippen LogP contribution < -0.4 is 0 Å². The van der Waals surface area contributed by atoms with E-state index < -0.39 is 36.9 Å². The van der Waals surface area contributed by atoms with Crippen LogP contribution in [0, 0.1) is 15.9 Å². The maximum atomic E-state index is 14.1. The van der Waals surface area contributed by atoms with E-state index in [1.165, 1.54) is 36.4 Å². The molecule has 0 N–H and O–H groups in total. The summed E-state index contributed by atoms with van der Waals surface area (Å²) in [5, 5.41) is 11.1. The summed E-state index contributed by atoms with van der Waals surface area (Å²) in [4.78, 5) is 9.96. The van der Waals surface area contributed by atoms with Crippen molar-refractivity contribution in [1.29, 1.82) is 0 Å². The highest BCUT2D eigenvalue weighted by atomic mass is 79.9. The van der Waals surface area contributed by atoms with Crippen LogP contribution in [0.25, 0.3) is 0 Å². The van der Waals surface area contributed by atoms with Gasteiger partial charge in [-0.25, -0.2) is 12.8 Å². The molecule has 1 aliphatic heterocycles. The summed E-state index contributed by atoms with van der Waals surface area (Å²) in [6.07, 6.45) is 0. The standard InChI is InChI=1S/C15H12BrFN2O4S/c1-15(11-8-10(16)6-7-12(11)17)9-18(15)24(22,23)14-5-3-2-4-13(14)19(20)21/h2-8H,9H2,1H3. The second-order valence-electron chi connectivity index (χ2n) is 5.63. The number of hydrogen-bond acceptors (Lipinski definition) is 4. The van der Waals surface area contributed by atoms with E-state index >= 15 is 0 Å². The normalized spacial score (nSPS) is 23.0. The average Bonchev–Trinajstić information content (AvgIpc) is 3.24. The summed E-state index contributed by atoms with van der Waals surface area (Å²) in [7, 11) is -4.12. The van der Waals surface area contributed by atoms with Crippen LogP contribution in [0.15, 0.2) is 51.8 Å². The molecule has 3 rings (SSSR count). The van der Waals surface area contributed by atoms with Gasteiger partial charge in [-0.1, -0.05) is 28.1 Å². The van der Waals surface area contributed by atoms with E-state index in [4.69, 9.17) is 0 Å². The van der Waals surface area contributed by atoms with Crippen LogP contribution >= 0.6 is 15.9 Å². The number of para-hydroxylation sites is 1. The van der Waals surface area contributed by atoms with E-state index in [0.717, 1.165) is 10.4 Å². The molecule has 0 amide bonds. The average molecular weight is 415 g/mol. The Hall–Kier alpha value is -1.84. The van der Waals surface area contributed by atoms with E-state index in [0.29, 0.717) is 4.47 Å². The third-order valence-electron chi connectivity index (χ3n) is 4.04. The van der Waals surface area contributed by atoms with Crippen molar-refractivity contribution >= 4 is 31.6 Å². The summed E-state index contributed by atoms with van der Waals surface area (Å²) in [6, 6.07) is 9.41. The van der Waals surface area contributed by atoms with Crippen LogP contribution in [-0.2, 0) is 15.6 Å². The molecule has 1 saturated heterocycles. The molecular weight excluding hydrogens is 403 g/mol. The Morgan fingerprint density at radius 3 is 2.62 bits per heavy atom. The van der Waals surface area contributed by atoms with Gasteiger partial charge in [-0.3, -0.25) is 10.1 Å². The van der Waals surface area contributed by atoms with Crippen molar-refractivity contribution in [2.24, 2.45) is 0 Å². The third-order valence-corrected chi connectivity index (χ3v) is 6.54. The first-order valence-corrected chi connectivity index (χ1v) is 9.13. The molecule has 0 aliphatic carbocycles. The van der Waals surface area contributed by atoms with Crippen LogP contribution in [0.4, 0.5) is 10.1 Å². The molecule has 1 aliphatic rings. The molecule has 126 valence electrons. The molecular formula is C15H12BrFN2O4S. The first-order valence-electron chi connectivity index (χ1n) is 6.90. The quantitative estimate of drug-likeness (QED) is 0.436. The topological polar surface area (TPSA) is 80.3 Å². The second-order valence-corrected chi connectivity index (χ2v) is 8.38. The number of hydrogen-bond donors (Lipinski definition) is 0. The van der Waals surface area contributed by atoms with Crippen LogP contribution in [0.3, 0.4) is 0 Å². The lowest BCUT2D eigenvalue weighted by Crippen LogP contribution is -2.21. The van der Waals surface area contributed by atoms with Crippen molar-refractivity contribution in [1.82, 2.24) is 4.31 Å². The fourth-order valence-corrected chi connectivity index (χ4v) is 4.98. The molecule has 0 saturated carbocycles. The summed E-state index contributed by atoms with van der Waals surface area (Å²) < 4.78 is 41.4. The van der Waals surface area contributed by atoms with Crippen molar-refractivity contribution in [2.45, 2.75) is 17.4 Å². The summed E-state index contributed by atoms with van der Waals surface area (Å²) >= 11 is 3.24. The smallest absolute Gasteiger partial charge is 0.258 e. The summed E-state index contributed by atoms with van der Waals surface area (Å²) in [6.45, 7) is 1.64. The van der Waals surface area contributed by atoms with Gasteiger partial charge in [-0.15, -0.1) is 0 Å². The summed E-state index contributed by atoms with van der Waals surface area (Å²) in [5.41, 5.74) is -1.35. The van der Waals surface area contributed by atoms with Crippen molar-refractivity contribution in [3.63, 3.8) is 0 Å². The predicted molar refractivity (Wildman–Crippen MR) is 88.4 cm³/mol. The van der Waals surface area contributed by atoms with Crippen molar-refractivity contribution in [3.8, 4) is 0 Å². The Labute approximate surface area is 146 Å². The molecule has 1 heterocycles. The largest absolute Gasteiger partial charge is 0.289 e. The van der Waals surface area contributed by atoms with Crippen molar-refractivity contribution in [3.05, 3.63) is 68.4 Å². The Morgan fingerprint density at radius 2 is 1.96 bits per heavy atom. The van der Waals surface area contributed by atoms with Crippen LogP contribution in [-0.4, -0.2) is 24.2 Å². The Morgan fingerprint density at radius 1 is 1.29 bits per heavy atom. The van der Waals surface area contributed by atoms with Crippen LogP contribution in [0.2, 0.25) is 0 Å². The van der Waals surface area contributed by atoms with Gasteiger partial charge in [0, 0.05) is 22.6 Å². The lowest BCUT2D eigenvalue weighted by molar-refractivity contribution is -0.387. The van der Waals surface area contributed by atoms with Crippen molar-refractivity contribution in [2.75, 3.05) is 6.54 Å². The number of sulfonamides is 1. The zero-order valence-electron chi connectivity index (χ0n) is 12.4. The van der Waals surface area contributed by atoms with E-state index in [1.807, 2.05) is 0 Å². The van der Waals surface area contributed by atoms with Crippen LogP contribution in [0.5, 0.6) is 0 Å². The molecule has 2 aromatic carbocycles. The number of nitrogens with zero attached hydrogens (tertiary/aromatic N) is 2. The molecule has 24 heavy (non-hydrogen) atoms. The Balaban J connectivity index is 2.05. The monoisotopic (exact) mass is 414 g/mol. The molecule has 0 spiro atoms. The van der Waals surface area contributed by atoms with Crippen molar-refractivity contribution < 1.29 is 17.7 Å². The second kappa shape index (κ2) is 5.61. The highest BCUT2D eigenvalue weighted by Gasteiger charge is 2.58. The first kappa shape index (κ1) is 17.0. The molecule has 2 aromatic rings. The van der Waals surface area contributed by atoms with E-state index in [2.05, 4.69) is 15.9 Å². The van der Waals surface area contributed by atoms with E-state index in [1.54, 1.807) is 6.92 Å². The maximum Gasteiger partial charge on any atom is 0.289 e. The van der Waals surface area contributed by atoms with E-state index in [9.17, 15) is 22.9 Å². The molecule has 0 aromatic heterocycles. The number of nitro groups is 1. The molecule has 0 radical (unpaired) electrons. The number of halogens is 2. The minimum atomic E-state index is -4.12. The Kier molecular flexibility index (Phi) is 3.97. The lowest BCUT2D eigenvalue weighted by atomic mass is 10.0. The van der Waals surface area contributed by atoms with Gasteiger partial charge in [-0.2, -0.15) is 4.31 Å². The Bertz CT molecular complexity index is 950. The number of rotatable bonds is 4. The van der Waals surface area contributed by atoms with Gasteiger partial charge in [0.2, 0.25) is 0 Å². The van der Waals surface area contributed by atoms with Crippen LogP contribution in [0.1, 0.15) is 12.5 Å². The van der Waals surface area contributed by atoms with E-state index in [-0.39, 0.29) is 12.1 Å². The van der Waals surface area contributed by atoms with Gasteiger partial charge in [-0.05, 0) is 31.2 Å². The number of benzene rings is 2. The zero-order chi connectivity index (χ0) is 17.7. The molecule has 0 bridgehead atoms. The minimum absolute atomic E-state index is 0.0504. The molecule has 1 fully saturated rings. The van der Waals surface area contributed by atoms with Gasteiger partial charge >= 0.3 is 0 Å². The first-order chi connectivity index (χ1) is 11.2.